The minimum Gasteiger partial charge on any atom is -0.366 e. The van der Waals surface area contributed by atoms with Gasteiger partial charge in [0.25, 0.3) is 0 Å². The van der Waals surface area contributed by atoms with E-state index in [-0.39, 0.29) is 5.91 Å². The number of carbonyl (C=O) groups is 1. The number of aryl methyl sites for hydroxylation is 1. The second kappa shape index (κ2) is 8.96. The van der Waals surface area contributed by atoms with Gasteiger partial charge in [0.05, 0.1) is 28.6 Å². The number of aromatic nitrogens is 4. The lowest BCUT2D eigenvalue weighted by atomic mass is 10.0. The van der Waals surface area contributed by atoms with Crippen molar-refractivity contribution in [1.29, 1.82) is 0 Å². The number of piperazine rings is 1. The minimum atomic E-state index is 0.126. The van der Waals surface area contributed by atoms with E-state index in [1.54, 1.807) is 19.3 Å². The second-order valence-corrected chi connectivity index (χ2v) is 9.16. The Morgan fingerprint density at radius 3 is 2.61 bits per heavy atom. The van der Waals surface area contributed by atoms with Crippen LogP contribution in [0.1, 0.15) is 6.92 Å². The third kappa shape index (κ3) is 4.00. The lowest BCUT2D eigenvalue weighted by Gasteiger charge is -2.36. The predicted molar refractivity (Wildman–Crippen MR) is 143 cm³/mol. The second-order valence-electron chi connectivity index (χ2n) is 9.16. The number of pyridine rings is 1. The molecule has 180 valence electrons. The van der Waals surface area contributed by atoms with E-state index in [9.17, 15) is 4.79 Å². The molecule has 8 nitrogen and oxygen atoms in total. The monoisotopic (exact) mass is 477 g/mol. The van der Waals surface area contributed by atoms with Gasteiger partial charge in [-0.05, 0) is 41.3 Å². The van der Waals surface area contributed by atoms with Crippen LogP contribution in [0.3, 0.4) is 0 Å². The number of hydrogen-bond acceptors (Lipinski definition) is 6. The molecule has 1 fully saturated rings. The highest BCUT2D eigenvalue weighted by Crippen LogP contribution is 2.35. The van der Waals surface area contributed by atoms with Crippen molar-refractivity contribution < 1.29 is 4.79 Å². The average molecular weight is 478 g/mol. The first-order valence-corrected chi connectivity index (χ1v) is 12.1. The van der Waals surface area contributed by atoms with E-state index in [2.05, 4.69) is 73.3 Å². The molecular formula is C28H27N7O. The normalized spacial score (nSPS) is 13.9. The summed E-state index contributed by atoms with van der Waals surface area (Å²) in [7, 11) is 2.06. The van der Waals surface area contributed by atoms with Gasteiger partial charge in [-0.2, -0.15) is 0 Å². The van der Waals surface area contributed by atoms with E-state index < -0.39 is 0 Å². The van der Waals surface area contributed by atoms with E-state index in [1.165, 1.54) is 10.9 Å². The Bertz CT molecular complexity index is 1580. The van der Waals surface area contributed by atoms with E-state index >= 15 is 0 Å². The fourth-order valence-electron chi connectivity index (χ4n) is 4.97. The quantitative estimate of drug-likeness (QED) is 0.408. The summed E-state index contributed by atoms with van der Waals surface area (Å²) in [5, 5.41) is 4.80. The van der Waals surface area contributed by atoms with Crippen LogP contribution in [0.4, 0.5) is 17.1 Å². The third-order valence-corrected chi connectivity index (χ3v) is 6.92. The molecule has 2 aromatic carbocycles. The molecule has 0 atom stereocenters. The number of fused-ring (bicyclic) bond motifs is 2. The Hall–Kier alpha value is -4.46. The van der Waals surface area contributed by atoms with Gasteiger partial charge in [0.1, 0.15) is 0 Å². The topological polar surface area (TPSA) is 79.2 Å². The number of carbonyl (C=O) groups excluding carboxylic acids is 1. The van der Waals surface area contributed by atoms with Crippen LogP contribution in [0.2, 0.25) is 0 Å². The molecule has 6 rings (SSSR count). The zero-order chi connectivity index (χ0) is 24.6. The van der Waals surface area contributed by atoms with Crippen LogP contribution in [-0.2, 0) is 11.8 Å². The highest BCUT2D eigenvalue weighted by atomic mass is 16.2. The van der Waals surface area contributed by atoms with Crippen LogP contribution in [-0.4, -0.2) is 56.5 Å². The molecular weight excluding hydrogens is 450 g/mol. The number of hydrogen-bond donors (Lipinski definition) is 1. The van der Waals surface area contributed by atoms with Crippen molar-refractivity contribution >= 4 is 44.9 Å². The van der Waals surface area contributed by atoms with E-state index in [0.29, 0.717) is 13.1 Å². The first-order chi connectivity index (χ1) is 17.6. The number of rotatable bonds is 4. The van der Waals surface area contributed by atoms with E-state index in [1.807, 2.05) is 29.4 Å². The minimum absolute atomic E-state index is 0.126. The maximum absolute atomic E-state index is 11.8. The number of amides is 1. The molecule has 0 unspecified atom stereocenters. The van der Waals surface area contributed by atoms with Gasteiger partial charge in [0, 0.05) is 81.7 Å². The van der Waals surface area contributed by atoms with Crippen molar-refractivity contribution in [2.45, 2.75) is 6.92 Å². The predicted octanol–water partition coefficient (Wildman–Crippen LogP) is 4.60. The number of nitrogens with zero attached hydrogens (tertiary/aromatic N) is 6. The first-order valence-electron chi connectivity index (χ1n) is 12.1. The van der Waals surface area contributed by atoms with Gasteiger partial charge < -0.3 is 19.7 Å². The number of benzene rings is 2. The lowest BCUT2D eigenvalue weighted by molar-refractivity contribution is -0.129. The zero-order valence-corrected chi connectivity index (χ0v) is 20.3. The van der Waals surface area contributed by atoms with Gasteiger partial charge in [0.15, 0.2) is 0 Å². The molecule has 0 bridgehead atoms. The van der Waals surface area contributed by atoms with Gasteiger partial charge in [-0.1, -0.05) is 12.1 Å². The maximum Gasteiger partial charge on any atom is 0.219 e. The molecule has 1 N–H and O–H groups in total. The molecule has 3 aromatic heterocycles. The Morgan fingerprint density at radius 1 is 0.944 bits per heavy atom. The van der Waals surface area contributed by atoms with Gasteiger partial charge in [-0.3, -0.25) is 19.7 Å². The molecule has 0 saturated carbocycles. The largest absolute Gasteiger partial charge is 0.366 e. The lowest BCUT2D eigenvalue weighted by Crippen LogP contribution is -2.48. The molecule has 36 heavy (non-hydrogen) atoms. The summed E-state index contributed by atoms with van der Waals surface area (Å²) in [6, 6.07) is 14.8. The smallest absolute Gasteiger partial charge is 0.219 e. The van der Waals surface area contributed by atoms with Gasteiger partial charge in [0.2, 0.25) is 5.91 Å². The molecule has 1 amide bonds. The number of anilines is 3. The van der Waals surface area contributed by atoms with E-state index in [0.717, 1.165) is 52.3 Å². The Kier molecular flexibility index (Phi) is 5.48. The van der Waals surface area contributed by atoms with Crippen molar-refractivity contribution in [3.05, 3.63) is 73.4 Å². The molecule has 1 aliphatic rings. The Morgan fingerprint density at radius 2 is 1.78 bits per heavy atom. The molecule has 8 heteroatoms. The maximum atomic E-state index is 11.8. The molecule has 5 aromatic rings. The SMILES string of the molecule is CC(=O)N1CCN(c2ccncc2Nc2cc(-c3ccc4ccn(C)c4c3)c3nccnc3c2)CC1. The zero-order valence-electron chi connectivity index (χ0n) is 20.3. The van der Waals surface area contributed by atoms with Gasteiger partial charge >= 0.3 is 0 Å². The summed E-state index contributed by atoms with van der Waals surface area (Å²) < 4.78 is 2.13. The van der Waals surface area contributed by atoms with Crippen molar-refractivity contribution in [3.63, 3.8) is 0 Å². The average Bonchev–Trinajstić information content (AvgIpc) is 3.28. The molecule has 0 radical (unpaired) electrons. The van der Waals surface area contributed by atoms with Crippen LogP contribution in [0.25, 0.3) is 33.1 Å². The fraction of sp³-hybridized carbons (Fsp3) is 0.214. The summed E-state index contributed by atoms with van der Waals surface area (Å²) in [6.45, 7) is 4.63. The highest BCUT2D eigenvalue weighted by Gasteiger charge is 2.21. The van der Waals surface area contributed by atoms with Crippen molar-refractivity contribution in [2.75, 3.05) is 36.4 Å². The summed E-state index contributed by atoms with van der Waals surface area (Å²) >= 11 is 0. The standard InChI is InChI=1S/C28H27N7O/c1-19(36)34-11-13-35(14-12-34)26-5-7-29-18-25(26)32-22-16-23(28-24(17-22)30-8-9-31-28)21-4-3-20-6-10-33(2)27(20)15-21/h3-10,15-18,32H,11-14H2,1-2H3. The Labute approximate surface area is 209 Å². The van der Waals surface area contributed by atoms with Gasteiger partial charge in [-0.25, -0.2) is 0 Å². The molecule has 1 saturated heterocycles. The number of nitrogens with one attached hydrogen (secondary N) is 1. The van der Waals surface area contributed by atoms with Crippen LogP contribution >= 0.6 is 0 Å². The van der Waals surface area contributed by atoms with Crippen molar-refractivity contribution in [3.8, 4) is 11.1 Å². The van der Waals surface area contributed by atoms with Crippen LogP contribution in [0.5, 0.6) is 0 Å². The van der Waals surface area contributed by atoms with E-state index in [4.69, 9.17) is 0 Å². The fourth-order valence-corrected chi connectivity index (χ4v) is 4.97. The molecule has 0 spiro atoms. The summed E-state index contributed by atoms with van der Waals surface area (Å²) in [4.78, 5) is 29.6. The van der Waals surface area contributed by atoms with Crippen molar-refractivity contribution in [2.24, 2.45) is 7.05 Å². The van der Waals surface area contributed by atoms with Crippen LogP contribution in [0, 0.1) is 0 Å². The summed E-state index contributed by atoms with van der Waals surface area (Å²) in [5.41, 5.74) is 7.87. The molecule has 0 aliphatic carbocycles. The van der Waals surface area contributed by atoms with Gasteiger partial charge in [-0.15, -0.1) is 0 Å². The van der Waals surface area contributed by atoms with Crippen LogP contribution in [0.15, 0.2) is 73.4 Å². The van der Waals surface area contributed by atoms with Crippen LogP contribution < -0.4 is 10.2 Å². The first kappa shape index (κ1) is 22.0. The molecule has 4 heterocycles. The third-order valence-electron chi connectivity index (χ3n) is 6.92. The van der Waals surface area contributed by atoms with Crippen molar-refractivity contribution in [1.82, 2.24) is 24.4 Å². The summed E-state index contributed by atoms with van der Waals surface area (Å²) in [6.07, 6.45) is 9.19. The molecule has 1 aliphatic heterocycles. The highest BCUT2D eigenvalue weighted by molar-refractivity contribution is 5.97. The summed E-state index contributed by atoms with van der Waals surface area (Å²) in [5.74, 6) is 0.126. The Balaban J connectivity index is 1.38.